The fourth-order valence-electron chi connectivity index (χ4n) is 2.35. The maximum absolute atomic E-state index is 12.1. The Morgan fingerprint density at radius 2 is 2.00 bits per heavy atom. The summed E-state index contributed by atoms with van der Waals surface area (Å²) < 4.78 is 16.2. The van der Waals surface area contributed by atoms with Crippen LogP contribution >= 0.6 is 0 Å². The molecule has 0 saturated carbocycles. The molecule has 0 radical (unpaired) electrons. The van der Waals surface area contributed by atoms with Crippen LogP contribution in [0.4, 0.5) is 4.79 Å². The van der Waals surface area contributed by atoms with E-state index in [4.69, 9.17) is 14.2 Å². The van der Waals surface area contributed by atoms with Crippen LogP contribution in [0.2, 0.25) is 0 Å². The van der Waals surface area contributed by atoms with Crippen LogP contribution in [-0.2, 0) is 14.3 Å². The van der Waals surface area contributed by atoms with Crippen LogP contribution in [-0.4, -0.2) is 49.9 Å². The molecule has 0 bridgehead atoms. The van der Waals surface area contributed by atoms with Crippen molar-refractivity contribution in [3.05, 3.63) is 29.8 Å². The molecule has 1 fully saturated rings. The standard InChI is InChI=1S/C18H24N2O6/c1-3-19-18(23)20-16(21)12(2)26-17(22)13-6-8-14(9-7-13)25-11-15-5-4-10-24-15/h6-9,12,15H,3-5,10-11H2,1-2H3,(H2,19,20,21,23). The molecule has 2 N–H and O–H groups in total. The molecule has 3 amide bonds. The summed E-state index contributed by atoms with van der Waals surface area (Å²) >= 11 is 0. The SMILES string of the molecule is CCNC(=O)NC(=O)C(C)OC(=O)c1ccc(OCC2CCCO2)cc1. The van der Waals surface area contributed by atoms with E-state index in [9.17, 15) is 14.4 Å². The van der Waals surface area contributed by atoms with Crippen LogP contribution < -0.4 is 15.4 Å². The van der Waals surface area contributed by atoms with Crippen molar-refractivity contribution in [2.75, 3.05) is 19.8 Å². The molecule has 1 heterocycles. The molecule has 1 aliphatic heterocycles. The van der Waals surface area contributed by atoms with Crippen molar-refractivity contribution in [1.82, 2.24) is 10.6 Å². The quantitative estimate of drug-likeness (QED) is 0.713. The van der Waals surface area contributed by atoms with Crippen molar-refractivity contribution in [2.45, 2.75) is 38.9 Å². The molecule has 0 spiro atoms. The zero-order valence-corrected chi connectivity index (χ0v) is 14.9. The molecule has 8 heteroatoms. The lowest BCUT2D eigenvalue weighted by Crippen LogP contribution is -2.44. The summed E-state index contributed by atoms with van der Waals surface area (Å²) in [5.74, 6) is -0.728. The molecule has 2 unspecified atom stereocenters. The molecule has 8 nitrogen and oxygen atoms in total. The van der Waals surface area contributed by atoms with Crippen molar-refractivity contribution >= 4 is 17.9 Å². The highest BCUT2D eigenvalue weighted by molar-refractivity contribution is 5.98. The topological polar surface area (TPSA) is 103 Å². The van der Waals surface area contributed by atoms with E-state index in [1.807, 2.05) is 0 Å². The lowest BCUT2D eigenvalue weighted by atomic mass is 10.2. The van der Waals surface area contributed by atoms with E-state index < -0.39 is 24.0 Å². The maximum atomic E-state index is 12.1. The minimum absolute atomic E-state index is 0.115. The van der Waals surface area contributed by atoms with Crippen LogP contribution in [0.1, 0.15) is 37.0 Å². The van der Waals surface area contributed by atoms with E-state index in [2.05, 4.69) is 10.6 Å². The number of imide groups is 1. The summed E-state index contributed by atoms with van der Waals surface area (Å²) in [7, 11) is 0. The summed E-state index contributed by atoms with van der Waals surface area (Å²) in [6, 6.07) is 5.80. The number of hydrogen-bond donors (Lipinski definition) is 2. The highest BCUT2D eigenvalue weighted by atomic mass is 16.5. The van der Waals surface area contributed by atoms with Crippen molar-refractivity contribution in [3.63, 3.8) is 0 Å². The van der Waals surface area contributed by atoms with Gasteiger partial charge in [-0.1, -0.05) is 0 Å². The monoisotopic (exact) mass is 364 g/mol. The zero-order chi connectivity index (χ0) is 18.9. The van der Waals surface area contributed by atoms with Gasteiger partial charge in [0.25, 0.3) is 5.91 Å². The Kier molecular flexibility index (Phi) is 7.40. The Balaban J connectivity index is 1.80. The molecule has 1 aromatic carbocycles. The predicted octanol–water partition coefficient (Wildman–Crippen LogP) is 1.64. The largest absolute Gasteiger partial charge is 0.491 e. The molecule has 2 atom stereocenters. The van der Waals surface area contributed by atoms with Gasteiger partial charge in [0.1, 0.15) is 12.4 Å². The van der Waals surface area contributed by atoms with E-state index in [1.54, 1.807) is 31.2 Å². The Morgan fingerprint density at radius 1 is 1.27 bits per heavy atom. The molecule has 26 heavy (non-hydrogen) atoms. The predicted molar refractivity (Wildman–Crippen MR) is 93.0 cm³/mol. The van der Waals surface area contributed by atoms with Gasteiger partial charge in [-0.3, -0.25) is 10.1 Å². The van der Waals surface area contributed by atoms with E-state index in [1.165, 1.54) is 6.92 Å². The molecular formula is C18H24N2O6. The van der Waals surface area contributed by atoms with Crippen LogP contribution in [0.25, 0.3) is 0 Å². The molecule has 2 rings (SSSR count). The first kappa shape index (κ1) is 19.7. The van der Waals surface area contributed by atoms with E-state index in [0.717, 1.165) is 19.4 Å². The van der Waals surface area contributed by atoms with Crippen LogP contribution in [0, 0.1) is 0 Å². The van der Waals surface area contributed by atoms with E-state index in [-0.39, 0.29) is 11.7 Å². The lowest BCUT2D eigenvalue weighted by Gasteiger charge is -2.14. The third kappa shape index (κ3) is 6.03. The van der Waals surface area contributed by atoms with Gasteiger partial charge in [0, 0.05) is 13.2 Å². The summed E-state index contributed by atoms with van der Waals surface area (Å²) in [6.07, 6.45) is 1.05. The van der Waals surface area contributed by atoms with E-state index in [0.29, 0.717) is 18.9 Å². The van der Waals surface area contributed by atoms with Crippen LogP contribution in [0.3, 0.4) is 0 Å². The summed E-state index contributed by atoms with van der Waals surface area (Å²) in [6.45, 7) is 4.74. The number of hydrogen-bond acceptors (Lipinski definition) is 6. The number of esters is 1. The van der Waals surface area contributed by atoms with Gasteiger partial charge in [-0.15, -0.1) is 0 Å². The van der Waals surface area contributed by atoms with Crippen molar-refractivity contribution < 1.29 is 28.6 Å². The number of carbonyl (C=O) groups is 3. The summed E-state index contributed by atoms with van der Waals surface area (Å²) in [5.41, 5.74) is 0.284. The average molecular weight is 364 g/mol. The van der Waals surface area contributed by atoms with Crippen molar-refractivity contribution in [1.29, 1.82) is 0 Å². The molecule has 1 aromatic rings. The van der Waals surface area contributed by atoms with Gasteiger partial charge in [0.2, 0.25) is 0 Å². The van der Waals surface area contributed by atoms with Gasteiger partial charge in [0.15, 0.2) is 6.10 Å². The fourth-order valence-corrected chi connectivity index (χ4v) is 2.35. The minimum Gasteiger partial charge on any atom is -0.491 e. The highest BCUT2D eigenvalue weighted by Crippen LogP contribution is 2.17. The molecule has 142 valence electrons. The van der Waals surface area contributed by atoms with Gasteiger partial charge in [-0.25, -0.2) is 9.59 Å². The van der Waals surface area contributed by atoms with Gasteiger partial charge in [0.05, 0.1) is 11.7 Å². The Labute approximate surface area is 152 Å². The smallest absolute Gasteiger partial charge is 0.338 e. The van der Waals surface area contributed by atoms with E-state index >= 15 is 0 Å². The zero-order valence-electron chi connectivity index (χ0n) is 14.9. The highest BCUT2D eigenvalue weighted by Gasteiger charge is 2.21. The minimum atomic E-state index is -1.10. The lowest BCUT2D eigenvalue weighted by molar-refractivity contribution is -0.127. The number of nitrogens with one attached hydrogen (secondary N) is 2. The number of carbonyl (C=O) groups excluding carboxylic acids is 3. The number of benzene rings is 1. The second kappa shape index (κ2) is 9.76. The van der Waals surface area contributed by atoms with Gasteiger partial charge < -0.3 is 19.5 Å². The summed E-state index contributed by atoms with van der Waals surface area (Å²) in [5, 5.41) is 4.51. The molecular weight excluding hydrogens is 340 g/mol. The maximum Gasteiger partial charge on any atom is 0.338 e. The first-order valence-corrected chi connectivity index (χ1v) is 8.63. The van der Waals surface area contributed by atoms with Crippen LogP contribution in [0.5, 0.6) is 5.75 Å². The van der Waals surface area contributed by atoms with Crippen molar-refractivity contribution in [2.24, 2.45) is 0 Å². The second-order valence-electron chi connectivity index (χ2n) is 5.87. The first-order valence-electron chi connectivity index (χ1n) is 8.63. The van der Waals surface area contributed by atoms with Gasteiger partial charge >= 0.3 is 12.0 Å². The Hall–Kier alpha value is -2.61. The van der Waals surface area contributed by atoms with Gasteiger partial charge in [-0.2, -0.15) is 0 Å². The van der Waals surface area contributed by atoms with Crippen LogP contribution in [0.15, 0.2) is 24.3 Å². The average Bonchev–Trinajstić information content (AvgIpc) is 3.14. The third-order valence-corrected chi connectivity index (χ3v) is 3.78. The number of amides is 3. The Morgan fingerprint density at radius 3 is 2.62 bits per heavy atom. The molecule has 0 aliphatic carbocycles. The Bertz CT molecular complexity index is 625. The number of urea groups is 1. The van der Waals surface area contributed by atoms with Crippen molar-refractivity contribution in [3.8, 4) is 5.75 Å². The normalized spacial score (nSPS) is 17.2. The number of ether oxygens (including phenoxy) is 3. The summed E-state index contributed by atoms with van der Waals surface area (Å²) in [4.78, 5) is 35.2. The van der Waals surface area contributed by atoms with Gasteiger partial charge in [-0.05, 0) is 51.0 Å². The molecule has 1 aliphatic rings. The molecule has 1 saturated heterocycles. The molecule has 0 aromatic heterocycles. The third-order valence-electron chi connectivity index (χ3n) is 3.78. The fraction of sp³-hybridized carbons (Fsp3) is 0.500. The first-order chi connectivity index (χ1) is 12.5. The number of rotatable bonds is 7. The second-order valence-corrected chi connectivity index (χ2v) is 5.87.